The Morgan fingerprint density at radius 2 is 1.87 bits per heavy atom. The van der Waals surface area contributed by atoms with Gasteiger partial charge in [0.05, 0.1) is 7.11 Å². The van der Waals surface area contributed by atoms with Crippen LogP contribution in [-0.2, 0) is 6.42 Å². The van der Waals surface area contributed by atoms with Crippen molar-refractivity contribution in [2.45, 2.75) is 50.6 Å². The Hall–Kier alpha value is -2.24. The molecule has 5 nitrogen and oxygen atoms in total. The summed E-state index contributed by atoms with van der Waals surface area (Å²) in [5.41, 5.74) is 2.12. The van der Waals surface area contributed by atoms with E-state index in [1.807, 2.05) is 36.4 Å². The molecule has 2 N–H and O–H groups in total. The number of halogens is 1. The zero-order valence-corrected chi connectivity index (χ0v) is 18.9. The second-order valence-corrected chi connectivity index (χ2v) is 9.18. The summed E-state index contributed by atoms with van der Waals surface area (Å²) in [7, 11) is 1.63. The van der Waals surface area contributed by atoms with Crippen LogP contribution in [0.15, 0.2) is 48.5 Å². The molecular formula is C25H32ClN3O2. The SMILES string of the molecule is COc1cccc(NC(=O)N[C@@H]2CCC[C@H]2N2CCC(Cc3ccc(Cl)cc3)CC2)c1. The van der Waals surface area contributed by atoms with Gasteiger partial charge >= 0.3 is 6.03 Å². The average Bonchev–Trinajstić information content (AvgIpc) is 3.24. The third-order valence-electron chi connectivity index (χ3n) is 6.68. The van der Waals surface area contributed by atoms with Crippen molar-refractivity contribution in [1.29, 1.82) is 0 Å². The minimum Gasteiger partial charge on any atom is -0.497 e. The van der Waals surface area contributed by atoms with Crippen LogP contribution in [0, 0.1) is 5.92 Å². The number of benzene rings is 2. The number of piperidine rings is 1. The smallest absolute Gasteiger partial charge is 0.319 e. The van der Waals surface area contributed by atoms with E-state index in [0.29, 0.717) is 6.04 Å². The summed E-state index contributed by atoms with van der Waals surface area (Å²) in [6, 6.07) is 16.2. The first-order valence-electron chi connectivity index (χ1n) is 11.3. The van der Waals surface area contributed by atoms with E-state index in [9.17, 15) is 4.79 Å². The molecule has 1 heterocycles. The number of urea groups is 1. The standard InChI is InChI=1S/C25H32ClN3O2/c1-31-22-5-2-4-21(17-22)27-25(30)28-23-6-3-7-24(23)29-14-12-19(13-15-29)16-18-8-10-20(26)11-9-18/h2,4-5,8-11,17,19,23-24H,3,6-7,12-16H2,1H3,(H2,27,28,30)/t23-,24-/m1/s1. The van der Waals surface area contributed by atoms with E-state index in [0.717, 1.165) is 54.7 Å². The van der Waals surface area contributed by atoms with Gasteiger partial charge in [-0.05, 0) is 87.4 Å². The summed E-state index contributed by atoms with van der Waals surface area (Å²) < 4.78 is 5.23. The van der Waals surface area contributed by atoms with Crippen molar-refractivity contribution >= 4 is 23.3 Å². The fourth-order valence-corrected chi connectivity index (χ4v) is 5.15. The predicted molar refractivity (Wildman–Crippen MR) is 126 cm³/mol. The highest BCUT2D eigenvalue weighted by Gasteiger charge is 2.35. The maximum absolute atomic E-state index is 12.6. The number of anilines is 1. The van der Waals surface area contributed by atoms with Crippen molar-refractivity contribution in [3.8, 4) is 5.75 Å². The van der Waals surface area contributed by atoms with Gasteiger partial charge in [0.25, 0.3) is 0 Å². The molecule has 2 aromatic rings. The number of amides is 2. The van der Waals surface area contributed by atoms with Gasteiger partial charge in [-0.15, -0.1) is 0 Å². The van der Waals surface area contributed by atoms with E-state index in [2.05, 4.69) is 27.7 Å². The zero-order chi connectivity index (χ0) is 21.6. The largest absolute Gasteiger partial charge is 0.497 e. The Morgan fingerprint density at radius 3 is 2.61 bits per heavy atom. The van der Waals surface area contributed by atoms with Gasteiger partial charge in [-0.25, -0.2) is 4.79 Å². The lowest BCUT2D eigenvalue weighted by molar-refractivity contribution is 0.119. The minimum atomic E-state index is -0.136. The number of hydrogen-bond acceptors (Lipinski definition) is 3. The third kappa shape index (κ3) is 5.92. The summed E-state index contributed by atoms with van der Waals surface area (Å²) in [4.78, 5) is 15.2. The maximum Gasteiger partial charge on any atom is 0.319 e. The molecule has 0 radical (unpaired) electrons. The van der Waals surface area contributed by atoms with E-state index >= 15 is 0 Å². The number of likely N-dealkylation sites (tertiary alicyclic amines) is 1. The lowest BCUT2D eigenvalue weighted by Gasteiger charge is -2.38. The van der Waals surface area contributed by atoms with Gasteiger partial charge in [-0.3, -0.25) is 4.90 Å². The second-order valence-electron chi connectivity index (χ2n) is 8.75. The molecule has 0 aromatic heterocycles. The highest BCUT2D eigenvalue weighted by atomic mass is 35.5. The van der Waals surface area contributed by atoms with Crippen molar-refractivity contribution in [2.75, 3.05) is 25.5 Å². The quantitative estimate of drug-likeness (QED) is 0.635. The van der Waals surface area contributed by atoms with E-state index in [1.165, 1.54) is 24.8 Å². The lowest BCUT2D eigenvalue weighted by Crippen LogP contribution is -2.52. The first kappa shape index (κ1) is 22.0. The number of rotatable bonds is 6. The molecule has 0 unspecified atom stereocenters. The van der Waals surface area contributed by atoms with E-state index < -0.39 is 0 Å². The molecule has 4 rings (SSSR count). The Labute approximate surface area is 190 Å². The molecule has 2 atom stereocenters. The van der Waals surface area contributed by atoms with E-state index in [-0.39, 0.29) is 12.1 Å². The summed E-state index contributed by atoms with van der Waals surface area (Å²) in [5.74, 6) is 1.46. The molecule has 2 aliphatic rings. The number of ether oxygens (including phenoxy) is 1. The van der Waals surface area contributed by atoms with Crippen LogP contribution in [-0.4, -0.2) is 43.2 Å². The lowest BCUT2D eigenvalue weighted by atomic mass is 9.89. The number of nitrogens with one attached hydrogen (secondary N) is 2. The van der Waals surface area contributed by atoms with Crippen LogP contribution in [0.1, 0.15) is 37.7 Å². The molecule has 6 heteroatoms. The molecule has 0 bridgehead atoms. The first-order valence-corrected chi connectivity index (χ1v) is 11.7. The Morgan fingerprint density at radius 1 is 1.10 bits per heavy atom. The Kier molecular flexibility index (Phi) is 7.36. The minimum absolute atomic E-state index is 0.136. The van der Waals surface area contributed by atoms with Gasteiger partial charge in [0.1, 0.15) is 5.75 Å². The Bertz CT molecular complexity index is 865. The summed E-state index contributed by atoms with van der Waals surface area (Å²) >= 11 is 6.01. The van der Waals surface area contributed by atoms with Gasteiger partial charge in [0.15, 0.2) is 0 Å². The predicted octanol–water partition coefficient (Wildman–Crippen LogP) is 5.35. The van der Waals surface area contributed by atoms with Crippen molar-refractivity contribution in [3.63, 3.8) is 0 Å². The molecule has 1 saturated carbocycles. The number of hydrogen-bond donors (Lipinski definition) is 2. The van der Waals surface area contributed by atoms with Gasteiger partial charge in [-0.1, -0.05) is 29.8 Å². The van der Waals surface area contributed by atoms with Crippen molar-refractivity contribution in [1.82, 2.24) is 10.2 Å². The van der Waals surface area contributed by atoms with Gasteiger partial charge in [0.2, 0.25) is 0 Å². The third-order valence-corrected chi connectivity index (χ3v) is 6.93. The van der Waals surface area contributed by atoms with Crippen LogP contribution >= 0.6 is 11.6 Å². The highest BCUT2D eigenvalue weighted by molar-refractivity contribution is 6.30. The number of methoxy groups -OCH3 is 1. The zero-order valence-electron chi connectivity index (χ0n) is 18.1. The number of carbonyl (C=O) groups excluding carboxylic acids is 1. The molecule has 2 aromatic carbocycles. The molecule has 1 aliphatic carbocycles. The molecule has 0 spiro atoms. The van der Waals surface area contributed by atoms with Crippen molar-refractivity contribution in [3.05, 3.63) is 59.1 Å². The highest BCUT2D eigenvalue weighted by Crippen LogP contribution is 2.30. The summed E-state index contributed by atoms with van der Waals surface area (Å²) in [5, 5.41) is 6.97. The van der Waals surface area contributed by atoms with Crippen LogP contribution in [0.3, 0.4) is 0 Å². The van der Waals surface area contributed by atoms with Crippen molar-refractivity contribution in [2.24, 2.45) is 5.92 Å². The van der Waals surface area contributed by atoms with Gasteiger partial charge < -0.3 is 15.4 Å². The van der Waals surface area contributed by atoms with E-state index in [4.69, 9.17) is 16.3 Å². The molecule has 1 saturated heterocycles. The molecular weight excluding hydrogens is 410 g/mol. The van der Waals surface area contributed by atoms with Crippen LogP contribution in [0.2, 0.25) is 5.02 Å². The number of carbonyl (C=O) groups is 1. The van der Waals surface area contributed by atoms with Crippen LogP contribution in [0.25, 0.3) is 0 Å². The molecule has 1 aliphatic heterocycles. The second kappa shape index (κ2) is 10.4. The van der Waals surface area contributed by atoms with Crippen LogP contribution in [0.5, 0.6) is 5.75 Å². The molecule has 2 amide bonds. The normalized spacial score (nSPS) is 22.3. The van der Waals surface area contributed by atoms with Crippen LogP contribution in [0.4, 0.5) is 10.5 Å². The van der Waals surface area contributed by atoms with Crippen molar-refractivity contribution < 1.29 is 9.53 Å². The summed E-state index contributed by atoms with van der Waals surface area (Å²) in [6.45, 7) is 2.22. The molecule has 31 heavy (non-hydrogen) atoms. The first-order chi connectivity index (χ1) is 15.1. The van der Waals surface area contributed by atoms with E-state index in [1.54, 1.807) is 7.11 Å². The average molecular weight is 442 g/mol. The fourth-order valence-electron chi connectivity index (χ4n) is 5.02. The topological polar surface area (TPSA) is 53.6 Å². The number of nitrogens with zero attached hydrogens (tertiary/aromatic N) is 1. The van der Waals surface area contributed by atoms with Crippen LogP contribution < -0.4 is 15.4 Å². The summed E-state index contributed by atoms with van der Waals surface area (Å²) in [6.07, 6.45) is 6.91. The van der Waals surface area contributed by atoms with Gasteiger partial charge in [-0.2, -0.15) is 0 Å². The fraction of sp³-hybridized carbons (Fsp3) is 0.480. The molecule has 2 fully saturated rings. The molecule has 166 valence electrons. The monoisotopic (exact) mass is 441 g/mol. The van der Waals surface area contributed by atoms with Gasteiger partial charge in [0, 0.05) is 28.9 Å². The Balaban J connectivity index is 1.26. The maximum atomic E-state index is 12.6.